The third-order valence-electron chi connectivity index (χ3n) is 2.50. The number of halogens is 3. The summed E-state index contributed by atoms with van der Waals surface area (Å²) in [4.78, 5) is 0. The summed E-state index contributed by atoms with van der Waals surface area (Å²) in [6.07, 6.45) is 0. The van der Waals surface area contributed by atoms with Gasteiger partial charge in [-0.1, -0.05) is 0 Å². The lowest BCUT2D eigenvalue weighted by Crippen LogP contribution is -2.08. The number of hydrogen-bond acceptors (Lipinski definition) is 4. The lowest BCUT2D eigenvalue weighted by atomic mass is 10.3. The zero-order chi connectivity index (χ0) is 15.1. The number of hydrogen-bond donors (Lipinski definition) is 0. The molecule has 0 aliphatic carbocycles. The zero-order valence-electron chi connectivity index (χ0n) is 9.93. The van der Waals surface area contributed by atoms with Gasteiger partial charge in [-0.15, -0.1) is 0 Å². The second kappa shape index (κ2) is 4.85. The molecule has 9 heteroatoms. The van der Waals surface area contributed by atoms with E-state index < -0.39 is 25.7 Å². The van der Waals surface area contributed by atoms with Crippen molar-refractivity contribution in [1.29, 1.82) is 5.26 Å². The van der Waals surface area contributed by atoms with Crippen LogP contribution in [-0.4, -0.2) is 18.2 Å². The van der Waals surface area contributed by atoms with E-state index in [1.807, 2.05) is 0 Å². The average Bonchev–Trinajstić information content (AvgIpc) is 2.65. The van der Waals surface area contributed by atoms with E-state index in [-0.39, 0.29) is 16.9 Å². The second-order valence-corrected chi connectivity index (χ2v) is 6.30. The minimum atomic E-state index is -4.34. The van der Waals surface area contributed by atoms with E-state index in [9.17, 15) is 17.2 Å². The first-order chi connectivity index (χ1) is 9.25. The standard InChI is InChI=1S/C11H6ClF2N3O2S/c1-6-8(5-15)11(20(12,18)19)17(16-6)10-3-2-7(13)4-9(10)14/h2-4H,1H3. The van der Waals surface area contributed by atoms with E-state index >= 15 is 0 Å². The maximum atomic E-state index is 13.7. The molecule has 1 aromatic heterocycles. The van der Waals surface area contributed by atoms with E-state index in [1.54, 1.807) is 6.07 Å². The number of nitrogens with zero attached hydrogens (tertiary/aromatic N) is 3. The highest BCUT2D eigenvalue weighted by atomic mass is 35.7. The number of benzene rings is 1. The van der Waals surface area contributed by atoms with Gasteiger partial charge in [0.15, 0.2) is 10.8 Å². The van der Waals surface area contributed by atoms with Gasteiger partial charge in [0.25, 0.3) is 9.05 Å². The molecule has 0 spiro atoms. The van der Waals surface area contributed by atoms with Crippen LogP contribution in [0.3, 0.4) is 0 Å². The third-order valence-corrected chi connectivity index (χ3v) is 3.78. The quantitative estimate of drug-likeness (QED) is 0.796. The molecule has 1 aromatic carbocycles. The molecule has 5 nitrogen and oxygen atoms in total. The van der Waals surface area contributed by atoms with Crippen LogP contribution < -0.4 is 0 Å². The average molecular weight is 318 g/mol. The third kappa shape index (κ3) is 2.37. The first-order valence-corrected chi connectivity index (χ1v) is 7.46. The fraction of sp³-hybridized carbons (Fsp3) is 0.0909. The molecule has 0 fully saturated rings. The summed E-state index contributed by atoms with van der Waals surface area (Å²) < 4.78 is 50.4. The summed E-state index contributed by atoms with van der Waals surface area (Å²) in [7, 11) is 0.918. The molecule has 0 aliphatic heterocycles. The van der Waals surface area contributed by atoms with Gasteiger partial charge in [-0.25, -0.2) is 21.9 Å². The van der Waals surface area contributed by atoms with E-state index in [1.165, 1.54) is 6.92 Å². The van der Waals surface area contributed by atoms with Crippen molar-refractivity contribution in [3.8, 4) is 11.8 Å². The lowest BCUT2D eigenvalue weighted by molar-refractivity contribution is 0.565. The van der Waals surface area contributed by atoms with Crippen molar-refractivity contribution in [1.82, 2.24) is 9.78 Å². The van der Waals surface area contributed by atoms with Gasteiger partial charge >= 0.3 is 0 Å². The van der Waals surface area contributed by atoms with Crippen molar-refractivity contribution >= 4 is 19.7 Å². The molecule has 104 valence electrons. The number of aromatic nitrogens is 2. The smallest absolute Gasteiger partial charge is 0.216 e. The molecule has 0 amide bonds. The Labute approximate surface area is 117 Å². The Kier molecular flexibility index (Phi) is 3.50. The van der Waals surface area contributed by atoms with Crippen LogP contribution in [0.4, 0.5) is 8.78 Å². The Morgan fingerprint density at radius 3 is 2.55 bits per heavy atom. The predicted molar refractivity (Wildman–Crippen MR) is 66.0 cm³/mol. The van der Waals surface area contributed by atoms with Gasteiger partial charge in [0.1, 0.15) is 23.1 Å². The number of aryl methyl sites for hydroxylation is 1. The van der Waals surface area contributed by atoms with Gasteiger partial charge in [-0.05, 0) is 19.1 Å². The fourth-order valence-electron chi connectivity index (χ4n) is 1.68. The molecule has 0 unspecified atom stereocenters. The van der Waals surface area contributed by atoms with Gasteiger partial charge in [-0.3, -0.25) is 0 Å². The summed E-state index contributed by atoms with van der Waals surface area (Å²) in [5.74, 6) is -1.86. The van der Waals surface area contributed by atoms with E-state index in [4.69, 9.17) is 15.9 Å². The normalized spacial score (nSPS) is 11.3. The minimum absolute atomic E-state index is 0.0652. The lowest BCUT2D eigenvalue weighted by Gasteiger charge is -2.06. The molecule has 0 saturated carbocycles. The molecular formula is C11H6ClF2N3O2S. The topological polar surface area (TPSA) is 75.8 Å². The van der Waals surface area contributed by atoms with Gasteiger partial charge in [0, 0.05) is 16.7 Å². The van der Waals surface area contributed by atoms with Gasteiger partial charge < -0.3 is 0 Å². The van der Waals surface area contributed by atoms with Gasteiger partial charge in [0.05, 0.1) is 5.69 Å². The molecule has 0 atom stereocenters. The van der Waals surface area contributed by atoms with Crippen LogP contribution in [0.15, 0.2) is 23.2 Å². The van der Waals surface area contributed by atoms with Gasteiger partial charge in [-0.2, -0.15) is 10.4 Å². The number of rotatable bonds is 2. The SMILES string of the molecule is Cc1nn(-c2ccc(F)cc2F)c(S(=O)(=O)Cl)c1C#N. The molecule has 0 N–H and O–H groups in total. The van der Waals surface area contributed by atoms with Crippen molar-refractivity contribution in [3.63, 3.8) is 0 Å². The maximum absolute atomic E-state index is 13.7. The maximum Gasteiger partial charge on any atom is 0.280 e. The Balaban J connectivity index is 2.86. The molecule has 20 heavy (non-hydrogen) atoms. The molecule has 0 radical (unpaired) electrons. The Hall–Kier alpha value is -1.98. The van der Waals surface area contributed by atoms with Crippen LogP contribution in [-0.2, 0) is 9.05 Å². The van der Waals surface area contributed by atoms with Crippen molar-refractivity contribution in [2.75, 3.05) is 0 Å². The van der Waals surface area contributed by atoms with Crippen molar-refractivity contribution in [3.05, 3.63) is 41.1 Å². The van der Waals surface area contributed by atoms with Crippen LogP contribution in [0.2, 0.25) is 0 Å². The Bertz CT molecular complexity index is 840. The van der Waals surface area contributed by atoms with Crippen molar-refractivity contribution in [2.24, 2.45) is 0 Å². The van der Waals surface area contributed by atoms with Crippen molar-refractivity contribution in [2.45, 2.75) is 11.9 Å². The second-order valence-electron chi connectivity index (χ2n) is 3.82. The largest absolute Gasteiger partial charge is 0.280 e. The minimum Gasteiger partial charge on any atom is -0.216 e. The summed E-state index contributed by atoms with van der Waals surface area (Å²) in [6.45, 7) is 1.38. The van der Waals surface area contributed by atoms with Crippen LogP contribution in [0.1, 0.15) is 11.3 Å². The molecule has 2 aromatic rings. The monoisotopic (exact) mass is 317 g/mol. The summed E-state index contributed by atoms with van der Waals surface area (Å²) >= 11 is 0. The van der Waals surface area contributed by atoms with E-state index in [0.717, 1.165) is 12.1 Å². The van der Waals surface area contributed by atoms with Crippen LogP contribution in [0.5, 0.6) is 0 Å². The Morgan fingerprint density at radius 1 is 1.40 bits per heavy atom. The summed E-state index contributed by atoms with van der Waals surface area (Å²) in [6, 6.07) is 4.16. The van der Waals surface area contributed by atoms with Crippen LogP contribution in [0, 0.1) is 29.9 Å². The molecule has 0 saturated heterocycles. The van der Waals surface area contributed by atoms with Gasteiger partial charge in [0.2, 0.25) is 0 Å². The predicted octanol–water partition coefficient (Wildman–Crippen LogP) is 2.26. The highest BCUT2D eigenvalue weighted by Crippen LogP contribution is 2.26. The molecule has 0 aliphatic rings. The Morgan fingerprint density at radius 2 is 2.05 bits per heavy atom. The molecular weight excluding hydrogens is 312 g/mol. The summed E-state index contributed by atoms with van der Waals surface area (Å²) in [5.41, 5.74) is -0.547. The molecule has 0 bridgehead atoms. The highest BCUT2D eigenvalue weighted by Gasteiger charge is 2.27. The summed E-state index contributed by atoms with van der Waals surface area (Å²) in [5, 5.41) is 12.1. The van der Waals surface area contributed by atoms with E-state index in [0.29, 0.717) is 10.7 Å². The van der Waals surface area contributed by atoms with Crippen LogP contribution >= 0.6 is 10.7 Å². The zero-order valence-corrected chi connectivity index (χ0v) is 11.5. The number of nitriles is 1. The van der Waals surface area contributed by atoms with Crippen molar-refractivity contribution < 1.29 is 17.2 Å². The highest BCUT2D eigenvalue weighted by molar-refractivity contribution is 8.13. The first-order valence-electron chi connectivity index (χ1n) is 5.15. The van der Waals surface area contributed by atoms with Crippen LogP contribution in [0.25, 0.3) is 5.69 Å². The first kappa shape index (κ1) is 14.4. The van der Waals surface area contributed by atoms with E-state index in [2.05, 4.69) is 5.10 Å². The fourth-order valence-corrected chi connectivity index (χ4v) is 2.89. The molecule has 2 rings (SSSR count). The molecule has 1 heterocycles.